The lowest BCUT2D eigenvalue weighted by molar-refractivity contribution is 0.261. The standard InChI is InChI=1S/C18H22BrN/c1-12-3-7-17(9-13(12)2)20-18-8-5-14-10-16(19)6-4-15(14)11-18/h4-6,8,10-13,17,20H,3,7,9H2,1-2H3. The van der Waals surface area contributed by atoms with Gasteiger partial charge in [-0.1, -0.05) is 41.9 Å². The zero-order chi connectivity index (χ0) is 14.1. The smallest absolute Gasteiger partial charge is 0.0348 e. The fourth-order valence-electron chi connectivity index (χ4n) is 3.22. The van der Waals surface area contributed by atoms with Gasteiger partial charge in [0.1, 0.15) is 0 Å². The van der Waals surface area contributed by atoms with Crippen LogP contribution in [0.5, 0.6) is 0 Å². The van der Waals surface area contributed by atoms with Crippen LogP contribution in [-0.2, 0) is 0 Å². The van der Waals surface area contributed by atoms with Crippen LogP contribution in [0.2, 0.25) is 0 Å². The van der Waals surface area contributed by atoms with E-state index in [0.717, 1.165) is 16.3 Å². The Labute approximate surface area is 129 Å². The molecule has 0 bridgehead atoms. The topological polar surface area (TPSA) is 12.0 Å². The number of hydrogen-bond donors (Lipinski definition) is 1. The Morgan fingerprint density at radius 1 is 0.950 bits per heavy atom. The number of hydrogen-bond acceptors (Lipinski definition) is 1. The molecule has 1 saturated carbocycles. The predicted octanol–water partition coefficient (Wildman–Crippen LogP) is 5.84. The molecule has 1 nitrogen and oxygen atoms in total. The van der Waals surface area contributed by atoms with E-state index in [9.17, 15) is 0 Å². The molecule has 1 aliphatic carbocycles. The van der Waals surface area contributed by atoms with Crippen LogP contribution in [0.15, 0.2) is 40.9 Å². The van der Waals surface area contributed by atoms with Gasteiger partial charge in [0.05, 0.1) is 0 Å². The summed E-state index contributed by atoms with van der Waals surface area (Å²) in [6, 6.07) is 13.8. The average molecular weight is 332 g/mol. The van der Waals surface area contributed by atoms with Crippen molar-refractivity contribution >= 4 is 32.4 Å². The van der Waals surface area contributed by atoms with Crippen LogP contribution >= 0.6 is 15.9 Å². The van der Waals surface area contributed by atoms with E-state index in [4.69, 9.17) is 0 Å². The first-order chi connectivity index (χ1) is 9.61. The van der Waals surface area contributed by atoms with Gasteiger partial charge in [-0.3, -0.25) is 0 Å². The summed E-state index contributed by atoms with van der Waals surface area (Å²) in [6.07, 6.45) is 3.93. The van der Waals surface area contributed by atoms with Gasteiger partial charge in [0.15, 0.2) is 0 Å². The molecule has 20 heavy (non-hydrogen) atoms. The maximum Gasteiger partial charge on any atom is 0.0348 e. The lowest BCUT2D eigenvalue weighted by Gasteiger charge is -2.33. The summed E-state index contributed by atoms with van der Waals surface area (Å²) in [4.78, 5) is 0. The van der Waals surface area contributed by atoms with Gasteiger partial charge in [-0.15, -0.1) is 0 Å². The first-order valence-corrected chi connectivity index (χ1v) is 8.37. The summed E-state index contributed by atoms with van der Waals surface area (Å²) in [5, 5.41) is 6.32. The molecule has 0 radical (unpaired) electrons. The zero-order valence-electron chi connectivity index (χ0n) is 12.2. The Balaban J connectivity index is 1.76. The summed E-state index contributed by atoms with van der Waals surface area (Å²) in [5.41, 5.74) is 1.26. The van der Waals surface area contributed by atoms with E-state index in [2.05, 4.69) is 71.5 Å². The molecule has 1 fully saturated rings. The number of benzene rings is 2. The summed E-state index contributed by atoms with van der Waals surface area (Å²) in [6.45, 7) is 4.77. The lowest BCUT2D eigenvalue weighted by Crippen LogP contribution is -2.30. The Kier molecular flexibility index (Phi) is 4.02. The van der Waals surface area contributed by atoms with Crippen molar-refractivity contribution in [3.05, 3.63) is 40.9 Å². The number of nitrogens with one attached hydrogen (secondary N) is 1. The quantitative estimate of drug-likeness (QED) is 0.728. The van der Waals surface area contributed by atoms with Crippen LogP contribution in [0.3, 0.4) is 0 Å². The Morgan fingerprint density at radius 2 is 1.70 bits per heavy atom. The van der Waals surface area contributed by atoms with Crippen LogP contribution in [0.1, 0.15) is 33.1 Å². The molecule has 3 atom stereocenters. The third kappa shape index (κ3) is 3.01. The largest absolute Gasteiger partial charge is 0.382 e. The number of rotatable bonds is 2. The minimum Gasteiger partial charge on any atom is -0.382 e. The molecule has 0 heterocycles. The fourth-order valence-corrected chi connectivity index (χ4v) is 3.60. The van der Waals surface area contributed by atoms with Gasteiger partial charge < -0.3 is 5.32 Å². The first-order valence-electron chi connectivity index (χ1n) is 7.57. The van der Waals surface area contributed by atoms with Gasteiger partial charge in [-0.05, 0) is 66.1 Å². The van der Waals surface area contributed by atoms with E-state index in [1.807, 2.05) is 0 Å². The molecular weight excluding hydrogens is 310 g/mol. The second kappa shape index (κ2) is 5.77. The molecule has 106 valence electrons. The summed E-state index contributed by atoms with van der Waals surface area (Å²) in [5.74, 6) is 1.71. The second-order valence-electron chi connectivity index (χ2n) is 6.32. The summed E-state index contributed by atoms with van der Waals surface area (Å²) in [7, 11) is 0. The van der Waals surface area contributed by atoms with E-state index < -0.39 is 0 Å². The minimum absolute atomic E-state index is 0.633. The van der Waals surface area contributed by atoms with Crippen molar-refractivity contribution in [2.45, 2.75) is 39.2 Å². The molecular formula is C18H22BrN. The van der Waals surface area contributed by atoms with Crippen LogP contribution in [0, 0.1) is 11.8 Å². The van der Waals surface area contributed by atoms with E-state index >= 15 is 0 Å². The van der Waals surface area contributed by atoms with E-state index in [-0.39, 0.29) is 0 Å². The lowest BCUT2D eigenvalue weighted by atomic mass is 9.79. The van der Waals surface area contributed by atoms with E-state index in [1.165, 1.54) is 35.7 Å². The molecule has 1 aliphatic rings. The molecule has 3 rings (SSSR count). The van der Waals surface area contributed by atoms with Crippen LogP contribution in [0.4, 0.5) is 5.69 Å². The molecule has 0 aliphatic heterocycles. The molecule has 0 amide bonds. The molecule has 2 aromatic rings. The van der Waals surface area contributed by atoms with Crippen molar-refractivity contribution in [2.75, 3.05) is 5.32 Å². The van der Waals surface area contributed by atoms with E-state index in [1.54, 1.807) is 0 Å². The molecule has 1 N–H and O–H groups in total. The average Bonchev–Trinajstić information content (AvgIpc) is 2.43. The molecule has 0 spiro atoms. The maximum absolute atomic E-state index is 3.73. The Hall–Kier alpha value is -1.02. The molecule has 2 aromatic carbocycles. The molecule has 0 aromatic heterocycles. The summed E-state index contributed by atoms with van der Waals surface area (Å²) >= 11 is 3.53. The maximum atomic E-state index is 3.73. The van der Waals surface area contributed by atoms with Crippen molar-refractivity contribution in [3.63, 3.8) is 0 Å². The SMILES string of the molecule is CC1CCC(Nc2ccc3cc(Br)ccc3c2)CC1C. The minimum atomic E-state index is 0.633. The number of fused-ring (bicyclic) bond motifs is 1. The fraction of sp³-hybridized carbons (Fsp3) is 0.444. The highest BCUT2D eigenvalue weighted by molar-refractivity contribution is 9.10. The van der Waals surface area contributed by atoms with Gasteiger partial charge in [0, 0.05) is 16.2 Å². The van der Waals surface area contributed by atoms with Crippen LogP contribution in [0.25, 0.3) is 10.8 Å². The van der Waals surface area contributed by atoms with Gasteiger partial charge in [0.25, 0.3) is 0 Å². The predicted molar refractivity (Wildman–Crippen MR) is 91.2 cm³/mol. The van der Waals surface area contributed by atoms with Crippen LogP contribution in [-0.4, -0.2) is 6.04 Å². The highest BCUT2D eigenvalue weighted by atomic mass is 79.9. The van der Waals surface area contributed by atoms with E-state index in [0.29, 0.717) is 6.04 Å². The zero-order valence-corrected chi connectivity index (χ0v) is 13.8. The highest BCUT2D eigenvalue weighted by Crippen LogP contribution is 2.31. The molecule has 3 unspecified atom stereocenters. The van der Waals surface area contributed by atoms with Crippen molar-refractivity contribution in [1.29, 1.82) is 0 Å². The first kappa shape index (κ1) is 13.9. The normalized spacial score (nSPS) is 26.6. The van der Waals surface area contributed by atoms with Crippen molar-refractivity contribution in [3.8, 4) is 0 Å². The number of halogens is 1. The van der Waals surface area contributed by atoms with Crippen molar-refractivity contribution < 1.29 is 0 Å². The highest BCUT2D eigenvalue weighted by Gasteiger charge is 2.24. The van der Waals surface area contributed by atoms with Crippen molar-refractivity contribution in [2.24, 2.45) is 11.8 Å². The molecule has 2 heteroatoms. The molecule has 0 saturated heterocycles. The van der Waals surface area contributed by atoms with Crippen LogP contribution < -0.4 is 5.32 Å². The van der Waals surface area contributed by atoms with Gasteiger partial charge in [-0.25, -0.2) is 0 Å². The number of anilines is 1. The second-order valence-corrected chi connectivity index (χ2v) is 7.23. The van der Waals surface area contributed by atoms with Gasteiger partial charge in [0.2, 0.25) is 0 Å². The van der Waals surface area contributed by atoms with Crippen molar-refractivity contribution in [1.82, 2.24) is 0 Å². The van der Waals surface area contributed by atoms with Gasteiger partial charge >= 0.3 is 0 Å². The Bertz CT molecular complexity index is 607. The van der Waals surface area contributed by atoms with Gasteiger partial charge in [-0.2, -0.15) is 0 Å². The Morgan fingerprint density at radius 3 is 2.50 bits per heavy atom. The monoisotopic (exact) mass is 331 g/mol. The third-order valence-corrected chi connectivity index (χ3v) is 5.26. The summed E-state index contributed by atoms with van der Waals surface area (Å²) < 4.78 is 1.14. The third-order valence-electron chi connectivity index (χ3n) is 4.77.